The van der Waals surface area contributed by atoms with Gasteiger partial charge in [-0.05, 0) is 37.1 Å². The van der Waals surface area contributed by atoms with Gasteiger partial charge in [0.1, 0.15) is 5.82 Å². The van der Waals surface area contributed by atoms with E-state index in [0.717, 1.165) is 37.7 Å². The molecule has 1 atom stereocenters. The zero-order valence-electron chi connectivity index (χ0n) is 16.3. The Balaban J connectivity index is 1.62. The topological polar surface area (TPSA) is 85.4 Å². The van der Waals surface area contributed by atoms with Crippen LogP contribution in [-0.2, 0) is 4.74 Å². The number of nitrogens with one attached hydrogen (secondary N) is 1. The van der Waals surface area contributed by atoms with Crippen LogP contribution >= 0.6 is 0 Å². The first-order valence-corrected chi connectivity index (χ1v) is 9.48. The highest BCUT2D eigenvalue weighted by molar-refractivity contribution is 5.94. The third-order valence-electron chi connectivity index (χ3n) is 4.99. The fourth-order valence-electron chi connectivity index (χ4n) is 3.48. The van der Waals surface area contributed by atoms with Crippen molar-refractivity contribution in [1.29, 1.82) is 0 Å². The molecule has 27 heavy (non-hydrogen) atoms. The van der Waals surface area contributed by atoms with Gasteiger partial charge in [0.05, 0.1) is 24.6 Å². The van der Waals surface area contributed by atoms with Gasteiger partial charge in [0.2, 0.25) is 0 Å². The standard InChI is InChI=1S/C20H29N5O2/c1-14(2)18(24-8-10-27-11-9-24)13-22-20(26)16-4-6-17(7-5-16)25-19(21)12-15(3)23-25/h4-7,12,14,18H,8-11,13,21H2,1-3H3,(H,22,26)/t18-/m0/s1. The molecule has 1 saturated heterocycles. The summed E-state index contributed by atoms with van der Waals surface area (Å²) >= 11 is 0. The number of hydrogen-bond donors (Lipinski definition) is 2. The molecule has 7 heteroatoms. The predicted octanol–water partition coefficient (Wildman–Crippen LogP) is 1.85. The Morgan fingerprint density at radius 2 is 1.93 bits per heavy atom. The van der Waals surface area contributed by atoms with Crippen LogP contribution in [0.15, 0.2) is 30.3 Å². The summed E-state index contributed by atoms with van der Waals surface area (Å²) in [6, 6.07) is 9.46. The summed E-state index contributed by atoms with van der Waals surface area (Å²) in [5.74, 6) is 0.969. The lowest BCUT2D eigenvalue weighted by Gasteiger charge is -2.36. The number of anilines is 1. The molecule has 146 valence electrons. The van der Waals surface area contributed by atoms with Crippen LogP contribution in [0, 0.1) is 12.8 Å². The molecule has 0 saturated carbocycles. The number of nitrogen functional groups attached to an aromatic ring is 1. The smallest absolute Gasteiger partial charge is 0.251 e. The average Bonchev–Trinajstić information content (AvgIpc) is 3.00. The molecule has 1 aromatic carbocycles. The Hall–Kier alpha value is -2.38. The van der Waals surface area contributed by atoms with Crippen LogP contribution in [0.25, 0.3) is 5.69 Å². The van der Waals surface area contributed by atoms with E-state index in [2.05, 4.69) is 29.2 Å². The van der Waals surface area contributed by atoms with Crippen LogP contribution in [0.3, 0.4) is 0 Å². The largest absolute Gasteiger partial charge is 0.384 e. The van der Waals surface area contributed by atoms with Gasteiger partial charge in [-0.2, -0.15) is 5.10 Å². The Morgan fingerprint density at radius 3 is 2.48 bits per heavy atom. The Kier molecular flexibility index (Phi) is 6.13. The van der Waals surface area contributed by atoms with Gasteiger partial charge >= 0.3 is 0 Å². The van der Waals surface area contributed by atoms with Crippen molar-refractivity contribution in [2.24, 2.45) is 5.92 Å². The highest BCUT2D eigenvalue weighted by atomic mass is 16.5. The third kappa shape index (κ3) is 4.67. The highest BCUT2D eigenvalue weighted by Crippen LogP contribution is 2.16. The lowest BCUT2D eigenvalue weighted by atomic mass is 10.0. The predicted molar refractivity (Wildman–Crippen MR) is 106 cm³/mol. The van der Waals surface area contributed by atoms with Crippen LogP contribution in [0.4, 0.5) is 5.82 Å². The molecule has 1 amide bonds. The zero-order valence-corrected chi connectivity index (χ0v) is 16.3. The maximum absolute atomic E-state index is 12.6. The number of aromatic nitrogens is 2. The summed E-state index contributed by atoms with van der Waals surface area (Å²) in [6.07, 6.45) is 0. The summed E-state index contributed by atoms with van der Waals surface area (Å²) in [5, 5.41) is 7.44. The van der Waals surface area contributed by atoms with Crippen molar-refractivity contribution in [3.8, 4) is 5.69 Å². The number of amides is 1. The van der Waals surface area contributed by atoms with Crippen LogP contribution < -0.4 is 11.1 Å². The van der Waals surface area contributed by atoms with E-state index >= 15 is 0 Å². The second-order valence-electron chi connectivity index (χ2n) is 7.34. The van der Waals surface area contributed by atoms with Crippen LogP contribution in [0.2, 0.25) is 0 Å². The fraction of sp³-hybridized carbons (Fsp3) is 0.500. The summed E-state index contributed by atoms with van der Waals surface area (Å²) < 4.78 is 7.11. The molecule has 7 nitrogen and oxygen atoms in total. The maximum atomic E-state index is 12.6. The van der Waals surface area contributed by atoms with Gasteiger partial charge in [0.15, 0.2) is 0 Å². The van der Waals surface area contributed by atoms with E-state index in [1.165, 1.54) is 0 Å². The molecular formula is C20H29N5O2. The molecule has 1 aliphatic rings. The van der Waals surface area contributed by atoms with E-state index < -0.39 is 0 Å². The number of ether oxygens (including phenoxy) is 1. The van der Waals surface area contributed by atoms with Crippen LogP contribution in [0.1, 0.15) is 29.9 Å². The summed E-state index contributed by atoms with van der Waals surface area (Å²) in [4.78, 5) is 15.0. The van der Waals surface area contributed by atoms with Crippen molar-refractivity contribution in [1.82, 2.24) is 20.0 Å². The number of carbonyl (C=O) groups excluding carboxylic acids is 1. The summed E-state index contributed by atoms with van der Waals surface area (Å²) in [7, 11) is 0. The normalized spacial score (nSPS) is 16.4. The van der Waals surface area contributed by atoms with Crippen molar-refractivity contribution in [2.45, 2.75) is 26.8 Å². The molecular weight excluding hydrogens is 342 g/mol. The van der Waals surface area contributed by atoms with E-state index in [9.17, 15) is 4.79 Å². The average molecular weight is 371 g/mol. The highest BCUT2D eigenvalue weighted by Gasteiger charge is 2.24. The molecule has 2 aromatic rings. The van der Waals surface area contributed by atoms with Gasteiger partial charge in [-0.1, -0.05) is 13.8 Å². The summed E-state index contributed by atoms with van der Waals surface area (Å²) in [6.45, 7) is 10.3. The van der Waals surface area contributed by atoms with Crippen molar-refractivity contribution < 1.29 is 9.53 Å². The Labute approximate surface area is 160 Å². The Bertz CT molecular complexity index is 763. The second kappa shape index (κ2) is 8.54. The van der Waals surface area contributed by atoms with Gasteiger partial charge in [-0.3, -0.25) is 9.69 Å². The number of nitrogens with two attached hydrogens (primary N) is 1. The maximum Gasteiger partial charge on any atom is 0.251 e. The monoisotopic (exact) mass is 371 g/mol. The molecule has 1 fully saturated rings. The lowest BCUT2D eigenvalue weighted by Crippen LogP contribution is -2.51. The van der Waals surface area contributed by atoms with E-state index in [4.69, 9.17) is 10.5 Å². The van der Waals surface area contributed by atoms with Crippen molar-refractivity contribution in [3.05, 3.63) is 41.6 Å². The van der Waals surface area contributed by atoms with Crippen LogP contribution in [-0.4, -0.2) is 59.5 Å². The van der Waals surface area contributed by atoms with Gasteiger partial charge in [0.25, 0.3) is 5.91 Å². The van der Waals surface area contributed by atoms with E-state index in [1.807, 2.05) is 25.1 Å². The van der Waals surface area contributed by atoms with Gasteiger partial charge in [0, 0.05) is 37.3 Å². The van der Waals surface area contributed by atoms with Crippen LogP contribution in [0.5, 0.6) is 0 Å². The number of nitrogens with zero attached hydrogens (tertiary/aromatic N) is 3. The number of aryl methyl sites for hydroxylation is 1. The quantitative estimate of drug-likeness (QED) is 0.809. The van der Waals surface area contributed by atoms with E-state index in [-0.39, 0.29) is 5.91 Å². The lowest BCUT2D eigenvalue weighted by molar-refractivity contribution is 0.00673. The molecule has 0 aliphatic carbocycles. The first kappa shape index (κ1) is 19.4. The molecule has 3 N–H and O–H groups in total. The molecule has 0 spiro atoms. The van der Waals surface area contributed by atoms with Crippen molar-refractivity contribution in [3.63, 3.8) is 0 Å². The van der Waals surface area contributed by atoms with Gasteiger partial charge in [-0.15, -0.1) is 0 Å². The molecule has 1 aliphatic heterocycles. The molecule has 1 aromatic heterocycles. The molecule has 2 heterocycles. The van der Waals surface area contributed by atoms with Gasteiger partial charge < -0.3 is 15.8 Å². The van der Waals surface area contributed by atoms with E-state index in [0.29, 0.717) is 29.9 Å². The molecule has 0 unspecified atom stereocenters. The first-order valence-electron chi connectivity index (χ1n) is 9.48. The van der Waals surface area contributed by atoms with Crippen molar-refractivity contribution in [2.75, 3.05) is 38.6 Å². The number of morpholine rings is 1. The molecule has 0 bridgehead atoms. The first-order chi connectivity index (χ1) is 13.0. The fourth-order valence-corrected chi connectivity index (χ4v) is 3.48. The number of benzene rings is 1. The minimum absolute atomic E-state index is 0.0647. The Morgan fingerprint density at radius 1 is 1.26 bits per heavy atom. The summed E-state index contributed by atoms with van der Waals surface area (Å²) in [5.41, 5.74) is 8.29. The third-order valence-corrected chi connectivity index (χ3v) is 4.99. The van der Waals surface area contributed by atoms with E-state index in [1.54, 1.807) is 16.8 Å². The van der Waals surface area contributed by atoms with Gasteiger partial charge in [-0.25, -0.2) is 4.68 Å². The molecule has 0 radical (unpaired) electrons. The number of carbonyl (C=O) groups is 1. The number of hydrogen-bond acceptors (Lipinski definition) is 5. The van der Waals surface area contributed by atoms with Crippen molar-refractivity contribution >= 4 is 11.7 Å². The minimum atomic E-state index is -0.0647. The minimum Gasteiger partial charge on any atom is -0.384 e. The number of rotatable bonds is 6. The second-order valence-corrected chi connectivity index (χ2v) is 7.34. The molecule has 3 rings (SSSR count). The zero-order chi connectivity index (χ0) is 19.4. The SMILES string of the molecule is Cc1cc(N)n(-c2ccc(C(=O)NC[C@@H](C(C)C)N3CCOCC3)cc2)n1.